The van der Waals surface area contributed by atoms with E-state index < -0.39 is 10.0 Å². The lowest BCUT2D eigenvalue weighted by Gasteiger charge is -2.12. The van der Waals surface area contributed by atoms with E-state index in [0.717, 1.165) is 9.13 Å². The van der Waals surface area contributed by atoms with E-state index >= 15 is 0 Å². The first kappa shape index (κ1) is 24.9. The van der Waals surface area contributed by atoms with Gasteiger partial charge in [0, 0.05) is 20.5 Å². The zero-order valence-electron chi connectivity index (χ0n) is 17.9. The molecule has 0 spiro atoms. The maximum atomic E-state index is 12.7. The molecule has 0 heterocycles. The Kier molecular flexibility index (Phi) is 8.27. The molecule has 0 saturated heterocycles. The number of thiocarbonyl (C=S) groups is 1. The van der Waals surface area contributed by atoms with Crippen molar-refractivity contribution >= 4 is 67.2 Å². The second-order valence-electron chi connectivity index (χ2n) is 6.96. The van der Waals surface area contributed by atoms with E-state index in [1.54, 1.807) is 48.5 Å². The number of nitrogens with one attached hydrogen (secondary N) is 3. The third-order valence-corrected chi connectivity index (χ3v) is 7.26. The van der Waals surface area contributed by atoms with Crippen LogP contribution in [-0.2, 0) is 10.0 Å². The number of hydrogen-bond acceptors (Lipinski definition) is 5. The number of carbonyl (C=O) groups excluding carboxylic acids is 1. The highest BCUT2D eigenvalue weighted by Crippen LogP contribution is 2.21. The van der Waals surface area contributed by atoms with Gasteiger partial charge in [-0.15, -0.1) is 0 Å². The van der Waals surface area contributed by atoms with Gasteiger partial charge in [0.25, 0.3) is 15.9 Å². The van der Waals surface area contributed by atoms with Gasteiger partial charge in [0.2, 0.25) is 0 Å². The molecular formula is C23H22IN3O4S2. The number of aryl methyl sites for hydroxylation is 1. The minimum atomic E-state index is -3.77. The molecule has 0 aliphatic heterocycles. The standard InChI is InChI=1S/C23H22IN3O4S2/c1-3-31-19-10-6-18(7-11-19)27-33(29,30)20-12-8-17(9-13-20)25-23(32)26-22(28)16-5-4-15(2)21(24)14-16/h4-14,27H,3H2,1-2H3,(H2,25,26,28,32). The van der Waals surface area contributed by atoms with Crippen LogP contribution in [0.5, 0.6) is 5.75 Å². The van der Waals surface area contributed by atoms with Gasteiger partial charge in [0.15, 0.2) is 5.11 Å². The summed E-state index contributed by atoms with van der Waals surface area (Å²) in [6, 6.07) is 18.1. The minimum Gasteiger partial charge on any atom is -0.494 e. The second-order valence-corrected chi connectivity index (χ2v) is 10.2. The molecule has 0 saturated carbocycles. The number of halogens is 1. The number of carbonyl (C=O) groups is 1. The largest absolute Gasteiger partial charge is 0.494 e. The van der Waals surface area contributed by atoms with Gasteiger partial charge in [-0.25, -0.2) is 8.42 Å². The molecule has 3 aromatic carbocycles. The van der Waals surface area contributed by atoms with Crippen molar-refractivity contribution in [3.8, 4) is 5.75 Å². The fourth-order valence-electron chi connectivity index (χ4n) is 2.79. The van der Waals surface area contributed by atoms with E-state index in [4.69, 9.17) is 17.0 Å². The van der Waals surface area contributed by atoms with Crippen molar-refractivity contribution in [2.45, 2.75) is 18.7 Å². The molecule has 0 atom stereocenters. The van der Waals surface area contributed by atoms with E-state index in [0.29, 0.717) is 29.3 Å². The number of benzene rings is 3. The van der Waals surface area contributed by atoms with Crippen molar-refractivity contribution in [1.82, 2.24) is 5.32 Å². The van der Waals surface area contributed by atoms with E-state index in [1.807, 2.05) is 19.9 Å². The van der Waals surface area contributed by atoms with Crippen molar-refractivity contribution in [3.63, 3.8) is 0 Å². The van der Waals surface area contributed by atoms with Crippen LogP contribution in [0, 0.1) is 10.5 Å². The normalized spacial score (nSPS) is 10.9. The summed E-state index contributed by atoms with van der Waals surface area (Å²) in [6.45, 7) is 4.37. The van der Waals surface area contributed by atoms with Crippen molar-refractivity contribution in [1.29, 1.82) is 0 Å². The monoisotopic (exact) mass is 595 g/mol. The maximum absolute atomic E-state index is 12.7. The summed E-state index contributed by atoms with van der Waals surface area (Å²) in [6.07, 6.45) is 0. The molecule has 172 valence electrons. The van der Waals surface area contributed by atoms with E-state index in [-0.39, 0.29) is 15.9 Å². The Hall–Kier alpha value is -2.70. The fraction of sp³-hybridized carbons (Fsp3) is 0.130. The molecule has 7 nitrogen and oxygen atoms in total. The van der Waals surface area contributed by atoms with E-state index in [9.17, 15) is 13.2 Å². The summed E-state index contributed by atoms with van der Waals surface area (Å²) in [5.74, 6) is 0.334. The van der Waals surface area contributed by atoms with E-state index in [2.05, 4.69) is 37.9 Å². The number of ether oxygens (including phenoxy) is 1. The van der Waals surface area contributed by atoms with Gasteiger partial charge < -0.3 is 10.1 Å². The Morgan fingerprint density at radius 1 is 1.00 bits per heavy atom. The highest BCUT2D eigenvalue weighted by molar-refractivity contribution is 14.1. The smallest absolute Gasteiger partial charge is 0.261 e. The first-order chi connectivity index (χ1) is 15.7. The molecule has 0 unspecified atom stereocenters. The quantitative estimate of drug-likeness (QED) is 0.265. The van der Waals surface area contributed by atoms with Gasteiger partial charge in [-0.05, 0) is 115 Å². The minimum absolute atomic E-state index is 0.0890. The predicted octanol–water partition coefficient (Wildman–Crippen LogP) is 4.93. The number of anilines is 2. The molecule has 0 bridgehead atoms. The molecule has 3 rings (SSSR count). The molecule has 3 aromatic rings. The zero-order valence-corrected chi connectivity index (χ0v) is 21.7. The first-order valence-corrected chi connectivity index (χ1v) is 12.9. The zero-order chi connectivity index (χ0) is 24.0. The molecule has 3 N–H and O–H groups in total. The average molecular weight is 595 g/mol. The van der Waals surface area contributed by atoms with Crippen LogP contribution in [-0.4, -0.2) is 26.0 Å². The predicted molar refractivity (Wildman–Crippen MR) is 142 cm³/mol. The summed E-state index contributed by atoms with van der Waals surface area (Å²) in [4.78, 5) is 12.5. The van der Waals surface area contributed by atoms with Gasteiger partial charge in [-0.1, -0.05) is 6.07 Å². The molecule has 0 radical (unpaired) electrons. The lowest BCUT2D eigenvalue weighted by Crippen LogP contribution is -2.34. The molecule has 0 aliphatic rings. The summed E-state index contributed by atoms with van der Waals surface area (Å²) >= 11 is 7.38. The van der Waals surface area contributed by atoms with Crippen molar-refractivity contribution < 1.29 is 17.9 Å². The third-order valence-electron chi connectivity index (χ3n) is 4.50. The molecule has 1 amide bonds. The second kappa shape index (κ2) is 10.9. The first-order valence-electron chi connectivity index (χ1n) is 9.92. The highest BCUT2D eigenvalue weighted by atomic mass is 127. The summed E-state index contributed by atoms with van der Waals surface area (Å²) < 4.78 is 34.2. The molecule has 0 fully saturated rings. The van der Waals surface area contributed by atoms with Crippen LogP contribution in [0.4, 0.5) is 11.4 Å². The Bertz CT molecular complexity index is 1260. The lowest BCUT2D eigenvalue weighted by atomic mass is 10.1. The maximum Gasteiger partial charge on any atom is 0.261 e. The van der Waals surface area contributed by atoms with Crippen LogP contribution in [0.15, 0.2) is 71.6 Å². The SMILES string of the molecule is CCOc1ccc(NS(=O)(=O)c2ccc(NC(=S)NC(=O)c3ccc(C)c(I)c3)cc2)cc1. The van der Waals surface area contributed by atoms with Crippen molar-refractivity contribution in [2.24, 2.45) is 0 Å². The number of rotatable bonds is 7. The Morgan fingerprint density at radius 2 is 1.64 bits per heavy atom. The number of amides is 1. The van der Waals surface area contributed by atoms with Crippen molar-refractivity contribution in [2.75, 3.05) is 16.6 Å². The summed E-state index contributed by atoms with van der Waals surface area (Å²) in [7, 11) is -3.77. The Morgan fingerprint density at radius 3 is 2.24 bits per heavy atom. The average Bonchev–Trinajstić information content (AvgIpc) is 2.77. The van der Waals surface area contributed by atoms with Gasteiger partial charge in [0.05, 0.1) is 11.5 Å². The molecule has 0 aromatic heterocycles. The van der Waals surface area contributed by atoms with Crippen molar-refractivity contribution in [3.05, 3.63) is 81.4 Å². The van der Waals surface area contributed by atoms with Crippen LogP contribution in [0.25, 0.3) is 0 Å². The number of hydrogen-bond donors (Lipinski definition) is 3. The molecular weight excluding hydrogens is 573 g/mol. The summed E-state index contributed by atoms with van der Waals surface area (Å²) in [5, 5.41) is 5.61. The van der Waals surface area contributed by atoms with Gasteiger partial charge in [0.1, 0.15) is 5.75 Å². The van der Waals surface area contributed by atoms with Gasteiger partial charge in [-0.2, -0.15) is 0 Å². The highest BCUT2D eigenvalue weighted by Gasteiger charge is 2.15. The topological polar surface area (TPSA) is 96.5 Å². The number of sulfonamides is 1. The van der Waals surface area contributed by atoms with Gasteiger partial charge in [-0.3, -0.25) is 14.8 Å². The Labute approximate surface area is 212 Å². The van der Waals surface area contributed by atoms with Crippen LogP contribution >= 0.6 is 34.8 Å². The van der Waals surface area contributed by atoms with E-state index in [1.165, 1.54) is 12.1 Å². The van der Waals surface area contributed by atoms with Crippen LogP contribution in [0.3, 0.4) is 0 Å². The molecule has 10 heteroatoms. The third kappa shape index (κ3) is 6.89. The van der Waals surface area contributed by atoms with Gasteiger partial charge >= 0.3 is 0 Å². The molecule has 0 aliphatic carbocycles. The van der Waals surface area contributed by atoms with Crippen LogP contribution in [0.2, 0.25) is 0 Å². The Balaban J connectivity index is 1.61. The fourth-order valence-corrected chi connectivity index (χ4v) is 4.57. The molecule has 33 heavy (non-hydrogen) atoms. The van der Waals surface area contributed by atoms with Crippen LogP contribution < -0.4 is 20.1 Å². The summed E-state index contributed by atoms with van der Waals surface area (Å²) in [5.41, 5.74) is 2.55. The van der Waals surface area contributed by atoms with Crippen LogP contribution in [0.1, 0.15) is 22.8 Å². The lowest BCUT2D eigenvalue weighted by molar-refractivity contribution is 0.0977.